The van der Waals surface area contributed by atoms with Gasteiger partial charge < -0.3 is 0 Å². The van der Waals surface area contributed by atoms with E-state index in [1.165, 1.54) is 31.2 Å². The predicted molar refractivity (Wildman–Crippen MR) is 65.1 cm³/mol. The molecule has 1 heterocycles. The van der Waals surface area contributed by atoms with Gasteiger partial charge in [0.25, 0.3) is 0 Å². The van der Waals surface area contributed by atoms with Gasteiger partial charge in [-0.15, -0.1) is 0 Å². The standard InChI is InChI=1S/C12H17BrN2/c1-2-9-3-4-11(13)5-12(9)10-6-14-8-15-7-10/h6-9,11-12H,2-5H2,1H3. The van der Waals surface area contributed by atoms with Crippen molar-refractivity contribution in [3.8, 4) is 0 Å². The first-order valence-electron chi connectivity index (χ1n) is 5.70. The third-order valence-electron chi connectivity index (χ3n) is 3.46. The smallest absolute Gasteiger partial charge is 0.115 e. The van der Waals surface area contributed by atoms with Gasteiger partial charge >= 0.3 is 0 Å². The lowest BCUT2D eigenvalue weighted by molar-refractivity contribution is 0.306. The van der Waals surface area contributed by atoms with Gasteiger partial charge in [0.2, 0.25) is 0 Å². The summed E-state index contributed by atoms with van der Waals surface area (Å²) in [5, 5.41) is 0. The maximum absolute atomic E-state index is 4.13. The third-order valence-corrected chi connectivity index (χ3v) is 4.29. The van der Waals surface area contributed by atoms with Crippen LogP contribution in [-0.2, 0) is 0 Å². The van der Waals surface area contributed by atoms with Crippen LogP contribution in [0.15, 0.2) is 18.7 Å². The molecule has 82 valence electrons. The van der Waals surface area contributed by atoms with Gasteiger partial charge in [0.05, 0.1) is 0 Å². The van der Waals surface area contributed by atoms with Crippen LogP contribution in [0.4, 0.5) is 0 Å². The van der Waals surface area contributed by atoms with Crippen LogP contribution in [0.5, 0.6) is 0 Å². The van der Waals surface area contributed by atoms with Crippen molar-refractivity contribution in [1.82, 2.24) is 9.97 Å². The molecule has 0 amide bonds. The Kier molecular flexibility index (Phi) is 3.73. The minimum atomic E-state index is 0.648. The van der Waals surface area contributed by atoms with E-state index in [1.54, 1.807) is 6.33 Å². The van der Waals surface area contributed by atoms with Crippen LogP contribution in [0.1, 0.15) is 44.1 Å². The second kappa shape index (κ2) is 5.06. The Balaban J connectivity index is 2.17. The molecule has 1 aliphatic rings. The van der Waals surface area contributed by atoms with Gasteiger partial charge in [-0.1, -0.05) is 29.3 Å². The first kappa shape index (κ1) is 11.1. The third kappa shape index (κ3) is 2.57. The van der Waals surface area contributed by atoms with Crippen LogP contribution in [0.3, 0.4) is 0 Å². The Morgan fingerprint density at radius 1 is 1.33 bits per heavy atom. The summed E-state index contributed by atoms with van der Waals surface area (Å²) in [5.74, 6) is 1.46. The molecule has 2 nitrogen and oxygen atoms in total. The van der Waals surface area contributed by atoms with Crippen LogP contribution < -0.4 is 0 Å². The summed E-state index contributed by atoms with van der Waals surface area (Å²) >= 11 is 3.74. The molecule has 1 aliphatic carbocycles. The van der Waals surface area contributed by atoms with Crippen LogP contribution >= 0.6 is 15.9 Å². The van der Waals surface area contributed by atoms with Crippen molar-refractivity contribution in [2.75, 3.05) is 0 Å². The maximum Gasteiger partial charge on any atom is 0.115 e. The van der Waals surface area contributed by atoms with Crippen LogP contribution in [0, 0.1) is 5.92 Å². The first-order chi connectivity index (χ1) is 7.31. The molecule has 0 aliphatic heterocycles. The van der Waals surface area contributed by atoms with Gasteiger partial charge in [-0.2, -0.15) is 0 Å². The van der Waals surface area contributed by atoms with E-state index in [2.05, 4.69) is 32.8 Å². The van der Waals surface area contributed by atoms with E-state index in [1.807, 2.05) is 12.4 Å². The second-order valence-electron chi connectivity index (χ2n) is 4.36. The molecule has 3 heteroatoms. The summed E-state index contributed by atoms with van der Waals surface area (Å²) in [6, 6.07) is 0. The summed E-state index contributed by atoms with van der Waals surface area (Å²) < 4.78 is 0. The number of aromatic nitrogens is 2. The molecule has 1 aromatic heterocycles. The number of nitrogens with zero attached hydrogens (tertiary/aromatic N) is 2. The Morgan fingerprint density at radius 2 is 2.07 bits per heavy atom. The Hall–Kier alpha value is -0.440. The molecule has 0 aromatic carbocycles. The van der Waals surface area contributed by atoms with Crippen molar-refractivity contribution in [2.45, 2.75) is 43.4 Å². The van der Waals surface area contributed by atoms with Crippen molar-refractivity contribution in [3.63, 3.8) is 0 Å². The van der Waals surface area contributed by atoms with Gasteiger partial charge in [-0.3, -0.25) is 0 Å². The highest BCUT2D eigenvalue weighted by atomic mass is 79.9. The summed E-state index contributed by atoms with van der Waals surface area (Å²) in [7, 11) is 0. The summed E-state index contributed by atoms with van der Waals surface area (Å²) in [6.45, 7) is 2.29. The van der Waals surface area contributed by atoms with E-state index >= 15 is 0 Å². The molecular formula is C12H17BrN2. The van der Waals surface area contributed by atoms with Crippen molar-refractivity contribution in [2.24, 2.45) is 5.92 Å². The number of rotatable bonds is 2. The molecule has 1 fully saturated rings. The monoisotopic (exact) mass is 268 g/mol. The molecule has 0 spiro atoms. The van der Waals surface area contributed by atoms with Crippen LogP contribution in [-0.4, -0.2) is 14.8 Å². The van der Waals surface area contributed by atoms with Crippen molar-refractivity contribution >= 4 is 15.9 Å². The zero-order valence-electron chi connectivity index (χ0n) is 9.06. The molecule has 0 saturated heterocycles. The van der Waals surface area contributed by atoms with Gasteiger partial charge in [0, 0.05) is 17.2 Å². The molecule has 2 rings (SSSR count). The second-order valence-corrected chi connectivity index (χ2v) is 5.65. The topological polar surface area (TPSA) is 25.8 Å². The lowest BCUT2D eigenvalue weighted by atomic mass is 9.75. The number of alkyl halides is 1. The SMILES string of the molecule is CCC1CCC(Br)CC1c1cncnc1. The van der Waals surface area contributed by atoms with E-state index in [9.17, 15) is 0 Å². The number of halogens is 1. The fraction of sp³-hybridized carbons (Fsp3) is 0.667. The Bertz CT molecular complexity index is 302. The minimum Gasteiger partial charge on any atom is -0.245 e. The molecule has 3 unspecified atom stereocenters. The van der Waals surface area contributed by atoms with E-state index in [0.29, 0.717) is 10.7 Å². The van der Waals surface area contributed by atoms with Crippen LogP contribution in [0.25, 0.3) is 0 Å². The molecule has 0 radical (unpaired) electrons. The normalized spacial score (nSPS) is 31.5. The molecule has 15 heavy (non-hydrogen) atoms. The fourth-order valence-electron chi connectivity index (χ4n) is 2.58. The van der Waals surface area contributed by atoms with Crippen LogP contribution in [0.2, 0.25) is 0 Å². The quantitative estimate of drug-likeness (QED) is 0.767. The maximum atomic E-state index is 4.13. The largest absolute Gasteiger partial charge is 0.245 e. The molecule has 3 atom stereocenters. The molecule has 1 aromatic rings. The number of hydrogen-bond acceptors (Lipinski definition) is 2. The van der Waals surface area contributed by atoms with Crippen molar-refractivity contribution in [1.29, 1.82) is 0 Å². The lowest BCUT2D eigenvalue weighted by Gasteiger charge is -2.33. The zero-order chi connectivity index (χ0) is 10.7. The first-order valence-corrected chi connectivity index (χ1v) is 6.61. The molecule has 0 bridgehead atoms. The molecular weight excluding hydrogens is 252 g/mol. The number of hydrogen-bond donors (Lipinski definition) is 0. The summed E-state index contributed by atoms with van der Waals surface area (Å²) in [4.78, 5) is 8.93. The highest BCUT2D eigenvalue weighted by Crippen LogP contribution is 2.41. The van der Waals surface area contributed by atoms with Gasteiger partial charge in [0.15, 0.2) is 0 Å². The average Bonchev–Trinajstić information content (AvgIpc) is 2.30. The van der Waals surface area contributed by atoms with Crippen molar-refractivity contribution in [3.05, 3.63) is 24.3 Å². The Labute approximate surface area is 99.7 Å². The van der Waals surface area contributed by atoms with E-state index < -0.39 is 0 Å². The minimum absolute atomic E-state index is 0.648. The van der Waals surface area contributed by atoms with E-state index in [4.69, 9.17) is 0 Å². The van der Waals surface area contributed by atoms with Gasteiger partial charge in [0.1, 0.15) is 6.33 Å². The summed E-state index contributed by atoms with van der Waals surface area (Å²) in [6.07, 6.45) is 10.7. The van der Waals surface area contributed by atoms with E-state index in [-0.39, 0.29) is 0 Å². The van der Waals surface area contributed by atoms with Gasteiger partial charge in [-0.25, -0.2) is 9.97 Å². The molecule has 0 N–H and O–H groups in total. The Morgan fingerprint density at radius 3 is 2.73 bits per heavy atom. The fourth-order valence-corrected chi connectivity index (χ4v) is 3.25. The zero-order valence-corrected chi connectivity index (χ0v) is 10.7. The predicted octanol–water partition coefficient (Wildman–Crippen LogP) is 3.53. The van der Waals surface area contributed by atoms with E-state index in [0.717, 1.165) is 5.92 Å². The summed E-state index contributed by atoms with van der Waals surface area (Å²) in [5.41, 5.74) is 1.31. The lowest BCUT2D eigenvalue weighted by Crippen LogP contribution is -2.23. The average molecular weight is 269 g/mol. The molecule has 1 saturated carbocycles. The van der Waals surface area contributed by atoms with Crippen molar-refractivity contribution < 1.29 is 0 Å². The highest BCUT2D eigenvalue weighted by molar-refractivity contribution is 9.09. The van der Waals surface area contributed by atoms with Gasteiger partial charge in [-0.05, 0) is 36.7 Å². The highest BCUT2D eigenvalue weighted by Gasteiger charge is 2.29.